The lowest BCUT2D eigenvalue weighted by molar-refractivity contribution is -0.121. The zero-order valence-electron chi connectivity index (χ0n) is 15.0. The fourth-order valence-corrected chi connectivity index (χ4v) is 4.28. The Morgan fingerprint density at radius 2 is 2.04 bits per heavy atom. The summed E-state index contributed by atoms with van der Waals surface area (Å²) in [4.78, 5) is 34.3. The van der Waals surface area contributed by atoms with E-state index in [1.807, 2.05) is 24.0 Å². The molecular weight excluding hydrogens is 384 g/mol. The maximum atomic E-state index is 13.3. The molecule has 2 aliphatic heterocycles. The number of anilines is 1. The van der Waals surface area contributed by atoms with Crippen molar-refractivity contribution in [1.29, 1.82) is 0 Å². The molecule has 2 aromatic heterocycles. The minimum atomic E-state index is -0.202. The predicted molar refractivity (Wildman–Crippen MR) is 110 cm³/mol. The second kappa shape index (κ2) is 7.06. The van der Waals surface area contributed by atoms with Crippen molar-refractivity contribution in [3.63, 3.8) is 0 Å². The molecule has 0 bridgehead atoms. The third kappa shape index (κ3) is 3.15. The molecule has 0 saturated carbocycles. The number of thioether (sulfide) groups is 1. The van der Waals surface area contributed by atoms with Crippen molar-refractivity contribution in [2.75, 3.05) is 38.3 Å². The van der Waals surface area contributed by atoms with Crippen LogP contribution in [0, 0.1) is 6.92 Å². The topological polar surface area (TPSA) is 67.2 Å². The number of nitrogens with zero attached hydrogens (tertiary/aromatic N) is 4. The summed E-state index contributed by atoms with van der Waals surface area (Å²) in [6.45, 7) is 4.36. The highest BCUT2D eigenvalue weighted by molar-refractivity contribution is 8.26. The number of morpholine rings is 1. The van der Waals surface area contributed by atoms with Gasteiger partial charge in [-0.1, -0.05) is 30.0 Å². The standard InChI is InChI=1S/C18H18N4O3S2/c1-11-4-3-5-22-14(11)19-15(21-6-8-25-9-7-21)12(16(22)23)10-13-17(24)20(2)18(26)27-13/h3-5,10H,6-9H2,1-2H3. The molecule has 7 nitrogen and oxygen atoms in total. The Balaban J connectivity index is 1.95. The molecule has 2 fully saturated rings. The largest absolute Gasteiger partial charge is 0.378 e. The number of ether oxygens (including phenoxy) is 1. The van der Waals surface area contributed by atoms with E-state index < -0.39 is 0 Å². The third-order valence-electron chi connectivity index (χ3n) is 4.64. The summed E-state index contributed by atoms with van der Waals surface area (Å²) in [5, 5.41) is 0. The average molecular weight is 403 g/mol. The van der Waals surface area contributed by atoms with Crippen molar-refractivity contribution in [3.8, 4) is 0 Å². The number of hydrogen-bond acceptors (Lipinski definition) is 7. The number of pyridine rings is 1. The lowest BCUT2D eigenvalue weighted by Gasteiger charge is -2.29. The molecule has 0 atom stereocenters. The molecule has 2 aliphatic rings. The van der Waals surface area contributed by atoms with Crippen LogP contribution in [0.4, 0.5) is 5.82 Å². The molecule has 4 rings (SSSR count). The van der Waals surface area contributed by atoms with Crippen molar-refractivity contribution in [2.24, 2.45) is 0 Å². The highest BCUT2D eigenvalue weighted by Crippen LogP contribution is 2.32. The lowest BCUT2D eigenvalue weighted by Crippen LogP contribution is -2.38. The smallest absolute Gasteiger partial charge is 0.267 e. The minimum Gasteiger partial charge on any atom is -0.378 e. The predicted octanol–water partition coefficient (Wildman–Crippen LogP) is 1.67. The molecule has 2 saturated heterocycles. The number of carbonyl (C=O) groups is 1. The van der Waals surface area contributed by atoms with Crippen LogP contribution < -0.4 is 10.5 Å². The van der Waals surface area contributed by atoms with Crippen LogP contribution in [0.1, 0.15) is 11.1 Å². The van der Waals surface area contributed by atoms with Crippen LogP contribution >= 0.6 is 24.0 Å². The van der Waals surface area contributed by atoms with Gasteiger partial charge in [-0.25, -0.2) is 4.98 Å². The fourth-order valence-electron chi connectivity index (χ4n) is 3.12. The molecule has 0 aromatic carbocycles. The molecule has 0 radical (unpaired) electrons. The lowest BCUT2D eigenvalue weighted by atomic mass is 10.2. The van der Waals surface area contributed by atoms with E-state index in [9.17, 15) is 9.59 Å². The van der Waals surface area contributed by atoms with E-state index in [0.29, 0.717) is 52.6 Å². The molecule has 0 N–H and O–H groups in total. The first-order valence-corrected chi connectivity index (χ1v) is 9.76. The number of fused-ring (bicyclic) bond motifs is 1. The van der Waals surface area contributed by atoms with Gasteiger partial charge in [0.25, 0.3) is 11.5 Å². The van der Waals surface area contributed by atoms with Crippen molar-refractivity contribution in [3.05, 3.63) is 44.7 Å². The van der Waals surface area contributed by atoms with Crippen molar-refractivity contribution < 1.29 is 9.53 Å². The van der Waals surface area contributed by atoms with Gasteiger partial charge in [-0.3, -0.25) is 18.9 Å². The van der Waals surface area contributed by atoms with Crippen molar-refractivity contribution in [2.45, 2.75) is 6.92 Å². The molecule has 1 amide bonds. The number of amides is 1. The Morgan fingerprint density at radius 3 is 2.70 bits per heavy atom. The number of hydrogen-bond donors (Lipinski definition) is 0. The van der Waals surface area contributed by atoms with Gasteiger partial charge in [0, 0.05) is 26.3 Å². The van der Waals surface area contributed by atoms with Crippen molar-refractivity contribution in [1.82, 2.24) is 14.3 Å². The molecular formula is C18H18N4O3S2. The molecule has 4 heterocycles. The minimum absolute atomic E-state index is 0.202. The maximum absolute atomic E-state index is 13.3. The van der Waals surface area contributed by atoms with Crippen LogP contribution in [0.3, 0.4) is 0 Å². The van der Waals surface area contributed by atoms with Crippen LogP contribution in [-0.2, 0) is 9.53 Å². The van der Waals surface area contributed by atoms with E-state index in [4.69, 9.17) is 21.9 Å². The van der Waals surface area contributed by atoms with E-state index in [1.165, 1.54) is 21.1 Å². The van der Waals surface area contributed by atoms with Crippen LogP contribution in [0.5, 0.6) is 0 Å². The molecule has 0 aliphatic carbocycles. The van der Waals surface area contributed by atoms with Gasteiger partial charge in [-0.2, -0.15) is 0 Å². The molecule has 0 spiro atoms. The Kier molecular flexibility index (Phi) is 4.75. The molecule has 27 heavy (non-hydrogen) atoms. The van der Waals surface area contributed by atoms with Gasteiger partial charge in [0.1, 0.15) is 15.8 Å². The van der Waals surface area contributed by atoms with Gasteiger partial charge in [0.05, 0.1) is 23.7 Å². The number of likely N-dealkylation sites (N-methyl/N-ethyl adjacent to an activating group) is 1. The average Bonchev–Trinajstić information content (AvgIpc) is 2.92. The Morgan fingerprint density at radius 1 is 1.30 bits per heavy atom. The normalized spacial score (nSPS) is 19.6. The highest BCUT2D eigenvalue weighted by Gasteiger charge is 2.30. The van der Waals surface area contributed by atoms with E-state index in [-0.39, 0.29) is 11.5 Å². The van der Waals surface area contributed by atoms with E-state index in [0.717, 1.165) is 5.56 Å². The van der Waals surface area contributed by atoms with Crippen LogP contribution in [0.2, 0.25) is 0 Å². The van der Waals surface area contributed by atoms with Crippen LogP contribution in [0.15, 0.2) is 28.0 Å². The fraction of sp³-hybridized carbons (Fsp3) is 0.333. The Labute approximate surface area is 165 Å². The molecule has 9 heteroatoms. The van der Waals surface area contributed by atoms with Crippen LogP contribution in [-0.4, -0.2) is 57.9 Å². The summed E-state index contributed by atoms with van der Waals surface area (Å²) in [7, 11) is 1.64. The summed E-state index contributed by atoms with van der Waals surface area (Å²) in [6, 6.07) is 3.74. The number of thiocarbonyl (C=S) groups is 1. The first-order valence-electron chi connectivity index (χ1n) is 8.53. The van der Waals surface area contributed by atoms with Gasteiger partial charge in [-0.15, -0.1) is 0 Å². The second-order valence-corrected chi connectivity index (χ2v) is 8.05. The zero-order chi connectivity index (χ0) is 19.1. The van der Waals surface area contributed by atoms with E-state index in [2.05, 4.69) is 0 Å². The quantitative estimate of drug-likeness (QED) is 0.559. The number of rotatable bonds is 2. The Hall–Kier alpha value is -2.23. The van der Waals surface area contributed by atoms with Gasteiger partial charge in [-0.05, 0) is 24.6 Å². The summed E-state index contributed by atoms with van der Waals surface area (Å²) in [5.74, 6) is 0.380. The second-order valence-electron chi connectivity index (χ2n) is 6.38. The van der Waals surface area contributed by atoms with Gasteiger partial charge < -0.3 is 9.64 Å². The number of aryl methyl sites for hydroxylation is 1. The van der Waals surface area contributed by atoms with E-state index in [1.54, 1.807) is 19.3 Å². The summed E-state index contributed by atoms with van der Waals surface area (Å²) < 4.78 is 7.43. The number of aromatic nitrogens is 2. The zero-order valence-corrected chi connectivity index (χ0v) is 16.6. The van der Waals surface area contributed by atoms with Crippen molar-refractivity contribution >= 4 is 51.7 Å². The monoisotopic (exact) mass is 402 g/mol. The first kappa shape index (κ1) is 18.1. The Bertz CT molecular complexity index is 1040. The summed E-state index contributed by atoms with van der Waals surface area (Å²) >= 11 is 6.40. The summed E-state index contributed by atoms with van der Waals surface area (Å²) in [6.07, 6.45) is 3.32. The van der Waals surface area contributed by atoms with Crippen LogP contribution in [0.25, 0.3) is 11.7 Å². The molecule has 0 unspecified atom stereocenters. The molecule has 2 aromatic rings. The summed E-state index contributed by atoms with van der Waals surface area (Å²) in [5.41, 5.74) is 1.72. The van der Waals surface area contributed by atoms with Gasteiger partial charge >= 0.3 is 0 Å². The van der Waals surface area contributed by atoms with E-state index >= 15 is 0 Å². The first-order chi connectivity index (χ1) is 13.0. The molecule has 140 valence electrons. The van der Waals surface area contributed by atoms with Gasteiger partial charge in [0.2, 0.25) is 0 Å². The van der Waals surface area contributed by atoms with Gasteiger partial charge in [0.15, 0.2) is 0 Å². The highest BCUT2D eigenvalue weighted by atomic mass is 32.2. The number of carbonyl (C=O) groups excluding carboxylic acids is 1. The third-order valence-corrected chi connectivity index (χ3v) is 6.12. The SMILES string of the molecule is Cc1cccn2c(=O)c(C=C3SC(=S)N(C)C3=O)c(N3CCOCC3)nc12. The maximum Gasteiger partial charge on any atom is 0.267 e.